The van der Waals surface area contributed by atoms with Gasteiger partial charge in [0.15, 0.2) is 5.89 Å². The molecule has 2 aliphatic carbocycles. The molecule has 3 aliphatic rings. The molecule has 0 unspecified atom stereocenters. The minimum atomic E-state index is -0.190. The average Bonchev–Trinajstić information content (AvgIpc) is 3.62. The number of rotatable bonds is 9. The molecule has 4 heterocycles. The van der Waals surface area contributed by atoms with Crippen LogP contribution in [-0.2, 0) is 9.53 Å². The molecule has 1 aliphatic heterocycles. The molecule has 10 nitrogen and oxygen atoms in total. The Bertz CT molecular complexity index is 1520. The van der Waals surface area contributed by atoms with Gasteiger partial charge in [-0.05, 0) is 88.0 Å². The molecule has 266 valence electrons. The van der Waals surface area contributed by atoms with Crippen LogP contribution >= 0.6 is 0 Å². The molecule has 0 spiro atoms. The number of anilines is 1. The number of carbonyl (C=O) groups is 2. The van der Waals surface area contributed by atoms with Crippen LogP contribution in [0.4, 0.5) is 10.6 Å². The minimum Gasteiger partial charge on any atom is -0.495 e. The van der Waals surface area contributed by atoms with Crippen molar-refractivity contribution in [2.45, 2.75) is 104 Å². The molecule has 0 bridgehead atoms. The van der Waals surface area contributed by atoms with E-state index in [4.69, 9.17) is 19.1 Å². The monoisotopic (exact) mass is 673 g/mol. The summed E-state index contributed by atoms with van der Waals surface area (Å²) >= 11 is 0. The molecular formula is C39H55N5O5. The molecule has 3 fully saturated rings. The predicted molar refractivity (Wildman–Crippen MR) is 191 cm³/mol. The summed E-state index contributed by atoms with van der Waals surface area (Å²) in [5, 5.41) is 0. The Hall–Kier alpha value is -3.95. The van der Waals surface area contributed by atoms with Crippen molar-refractivity contribution in [1.82, 2.24) is 19.9 Å². The van der Waals surface area contributed by atoms with E-state index in [1.165, 1.54) is 13.5 Å². The van der Waals surface area contributed by atoms with Crippen molar-refractivity contribution < 1.29 is 23.5 Å². The molecule has 6 rings (SSSR count). The quantitative estimate of drug-likeness (QED) is 0.222. The van der Waals surface area contributed by atoms with E-state index in [0.717, 1.165) is 111 Å². The normalized spacial score (nSPS) is 19.9. The van der Waals surface area contributed by atoms with Gasteiger partial charge in [0.1, 0.15) is 23.5 Å². The van der Waals surface area contributed by atoms with Gasteiger partial charge < -0.3 is 18.8 Å². The third-order valence-electron chi connectivity index (χ3n) is 10.5. The van der Waals surface area contributed by atoms with Crippen molar-refractivity contribution in [2.75, 3.05) is 38.8 Å². The number of hydrogen-bond acceptors (Lipinski definition) is 8. The van der Waals surface area contributed by atoms with Crippen LogP contribution in [0.1, 0.15) is 114 Å². The molecule has 10 heteroatoms. The topological polar surface area (TPSA) is 111 Å². The molecular weight excluding hydrogens is 618 g/mol. The van der Waals surface area contributed by atoms with Gasteiger partial charge in [-0.2, -0.15) is 0 Å². The first-order chi connectivity index (χ1) is 23.7. The van der Waals surface area contributed by atoms with E-state index in [0.29, 0.717) is 24.3 Å². The summed E-state index contributed by atoms with van der Waals surface area (Å²) in [6, 6.07) is 8.11. The highest BCUT2D eigenvalue weighted by Gasteiger charge is 2.32. The first kappa shape index (κ1) is 36.3. The van der Waals surface area contributed by atoms with Gasteiger partial charge in [0.25, 0.3) is 0 Å². The maximum Gasteiger partial charge on any atom is 0.409 e. The van der Waals surface area contributed by atoms with E-state index in [1.54, 1.807) is 24.5 Å². The standard InChI is InChI=1S/C32H42N4O3.C7H13NO2/c1-21(2)31-35-28(20-39-31)26-16-17-33-30(18-26)36(32(37)25-8-6-5-7-9-25)19-23-10-12-24(13-11-23)27-14-15-29(38-4)22(3)34-27;1-3-6-4-8(5-6)7(9)10-2/h14-18,20-21,23-25H,5-13,19H2,1-4H3;6H,3-5H2,1-2H3. The summed E-state index contributed by atoms with van der Waals surface area (Å²) in [6.45, 7) is 10.7. The van der Waals surface area contributed by atoms with Crippen molar-refractivity contribution in [3.63, 3.8) is 0 Å². The third-order valence-corrected chi connectivity index (χ3v) is 10.5. The number of aryl methyl sites for hydroxylation is 1. The third kappa shape index (κ3) is 9.19. The van der Waals surface area contributed by atoms with Crippen LogP contribution in [0.15, 0.2) is 41.1 Å². The summed E-state index contributed by atoms with van der Waals surface area (Å²) < 4.78 is 15.6. The lowest BCUT2D eigenvalue weighted by atomic mass is 9.79. The fourth-order valence-corrected chi connectivity index (χ4v) is 7.29. The highest BCUT2D eigenvalue weighted by Crippen LogP contribution is 2.38. The second-order valence-electron chi connectivity index (χ2n) is 14.3. The van der Waals surface area contributed by atoms with Crippen molar-refractivity contribution in [2.24, 2.45) is 17.8 Å². The van der Waals surface area contributed by atoms with Crippen LogP contribution in [0.2, 0.25) is 0 Å². The molecule has 2 amide bonds. The molecule has 0 radical (unpaired) electrons. The Morgan fingerprint density at radius 1 is 0.980 bits per heavy atom. The van der Waals surface area contributed by atoms with E-state index in [2.05, 4.69) is 36.6 Å². The van der Waals surface area contributed by atoms with E-state index >= 15 is 0 Å². The fraction of sp³-hybridized carbons (Fsp3) is 0.615. The second kappa shape index (κ2) is 17.1. The zero-order valence-electron chi connectivity index (χ0n) is 30.3. The van der Waals surface area contributed by atoms with Crippen LogP contribution in [0, 0.1) is 24.7 Å². The summed E-state index contributed by atoms with van der Waals surface area (Å²) in [7, 11) is 3.11. The molecule has 0 N–H and O–H groups in total. The van der Waals surface area contributed by atoms with Gasteiger partial charge in [0.05, 0.1) is 19.9 Å². The SMILES string of the molecule is CCC1CN(C(=O)OC)C1.COc1ccc(C2CCC(CN(C(=O)C3CCCCC3)c3cc(-c4coc(C(C)C)n4)ccn3)CC2)nc1C. The summed E-state index contributed by atoms with van der Waals surface area (Å²) in [4.78, 5) is 42.6. The lowest BCUT2D eigenvalue weighted by molar-refractivity contribution is -0.123. The van der Waals surface area contributed by atoms with Crippen LogP contribution < -0.4 is 9.64 Å². The zero-order chi connectivity index (χ0) is 34.9. The van der Waals surface area contributed by atoms with Crippen molar-refractivity contribution >= 4 is 17.8 Å². The van der Waals surface area contributed by atoms with Crippen molar-refractivity contribution in [3.8, 4) is 17.0 Å². The number of amides is 2. The Morgan fingerprint density at radius 3 is 2.33 bits per heavy atom. The van der Waals surface area contributed by atoms with Crippen molar-refractivity contribution in [1.29, 1.82) is 0 Å². The highest BCUT2D eigenvalue weighted by molar-refractivity contribution is 5.94. The lowest BCUT2D eigenvalue weighted by Gasteiger charge is -2.37. The van der Waals surface area contributed by atoms with Crippen molar-refractivity contribution in [3.05, 3.63) is 54.0 Å². The molecule has 1 saturated heterocycles. The maximum absolute atomic E-state index is 13.9. The number of likely N-dealkylation sites (tertiary alicyclic amines) is 1. The Kier molecular flexibility index (Phi) is 12.7. The van der Waals surface area contributed by atoms with E-state index < -0.39 is 0 Å². The van der Waals surface area contributed by atoms with E-state index in [9.17, 15) is 9.59 Å². The average molecular weight is 674 g/mol. The molecule has 3 aromatic rings. The van der Waals surface area contributed by atoms with Gasteiger partial charge >= 0.3 is 6.09 Å². The zero-order valence-corrected chi connectivity index (χ0v) is 30.3. The van der Waals surface area contributed by atoms with E-state index in [1.807, 2.05) is 30.0 Å². The van der Waals surface area contributed by atoms with Crippen LogP contribution in [0.5, 0.6) is 5.75 Å². The Labute approximate surface area is 292 Å². The lowest BCUT2D eigenvalue weighted by Crippen LogP contribution is -2.49. The van der Waals surface area contributed by atoms with Gasteiger partial charge in [0.2, 0.25) is 5.91 Å². The Balaban J connectivity index is 0.000000402. The number of ether oxygens (including phenoxy) is 2. The Morgan fingerprint density at radius 2 is 1.71 bits per heavy atom. The number of pyridine rings is 2. The number of methoxy groups -OCH3 is 2. The fourth-order valence-electron chi connectivity index (χ4n) is 7.29. The summed E-state index contributed by atoms with van der Waals surface area (Å²) in [5.74, 6) is 4.43. The van der Waals surface area contributed by atoms with Gasteiger partial charge in [-0.25, -0.2) is 14.8 Å². The number of aromatic nitrogens is 3. The molecule has 3 aromatic heterocycles. The second-order valence-corrected chi connectivity index (χ2v) is 14.3. The number of carbonyl (C=O) groups excluding carboxylic acids is 2. The maximum atomic E-state index is 13.9. The minimum absolute atomic E-state index is 0.0895. The molecule has 0 atom stereocenters. The van der Waals surface area contributed by atoms with Gasteiger partial charge in [0, 0.05) is 54.8 Å². The molecule has 0 aromatic carbocycles. The highest BCUT2D eigenvalue weighted by atomic mass is 16.5. The van der Waals surface area contributed by atoms with Gasteiger partial charge in [-0.1, -0.05) is 40.0 Å². The van der Waals surface area contributed by atoms with Gasteiger partial charge in [-0.15, -0.1) is 0 Å². The smallest absolute Gasteiger partial charge is 0.409 e. The number of nitrogens with zero attached hydrogens (tertiary/aromatic N) is 5. The summed E-state index contributed by atoms with van der Waals surface area (Å²) in [6.07, 6.45) is 14.2. The molecule has 49 heavy (non-hydrogen) atoms. The largest absolute Gasteiger partial charge is 0.495 e. The van der Waals surface area contributed by atoms with Crippen LogP contribution in [-0.4, -0.2) is 65.7 Å². The predicted octanol–water partition coefficient (Wildman–Crippen LogP) is 8.55. The number of oxazole rings is 1. The number of hydrogen-bond donors (Lipinski definition) is 0. The molecule has 2 saturated carbocycles. The first-order valence-electron chi connectivity index (χ1n) is 18.3. The van der Waals surface area contributed by atoms with Crippen LogP contribution in [0.3, 0.4) is 0 Å². The summed E-state index contributed by atoms with van der Waals surface area (Å²) in [5.41, 5.74) is 3.82. The van der Waals surface area contributed by atoms with Crippen LogP contribution in [0.25, 0.3) is 11.3 Å². The van der Waals surface area contributed by atoms with E-state index in [-0.39, 0.29) is 23.8 Å². The van der Waals surface area contributed by atoms with Gasteiger partial charge in [-0.3, -0.25) is 14.7 Å². The first-order valence-corrected chi connectivity index (χ1v) is 18.3.